The smallest absolute Gasteiger partial charge is 0.313 e. The Morgan fingerprint density at radius 1 is 0.886 bits per heavy atom. The van der Waals surface area contributed by atoms with Gasteiger partial charge in [0.1, 0.15) is 11.6 Å². The third-order valence-corrected chi connectivity index (χ3v) is 8.87. The lowest BCUT2D eigenvalue weighted by Crippen LogP contribution is -2.50. The molecule has 2 unspecified atom stereocenters. The summed E-state index contributed by atoms with van der Waals surface area (Å²) in [5.74, 6) is -0.350. The van der Waals surface area contributed by atoms with Crippen molar-refractivity contribution in [3.05, 3.63) is 103 Å². The Hall–Kier alpha value is -3.74. The highest BCUT2D eigenvalue weighted by Crippen LogP contribution is 2.42. The van der Waals surface area contributed by atoms with Crippen molar-refractivity contribution in [3.8, 4) is 28.1 Å². The van der Waals surface area contributed by atoms with Gasteiger partial charge in [0, 0.05) is 37.1 Å². The monoisotopic (exact) mass is 595 g/mol. The molecule has 1 aromatic heterocycles. The van der Waals surface area contributed by atoms with Crippen molar-refractivity contribution in [1.82, 2.24) is 4.57 Å². The van der Waals surface area contributed by atoms with Gasteiger partial charge in [-0.1, -0.05) is 68.8 Å². The number of benzene rings is 3. The molecular weight excluding hydrogens is 553 g/mol. The van der Waals surface area contributed by atoms with Crippen LogP contribution in [0.25, 0.3) is 22.4 Å². The van der Waals surface area contributed by atoms with Crippen molar-refractivity contribution in [2.45, 2.75) is 95.7 Å². The van der Waals surface area contributed by atoms with Crippen LogP contribution in [0.5, 0.6) is 5.75 Å². The molecule has 2 fully saturated rings. The third kappa shape index (κ3) is 6.98. The quantitative estimate of drug-likeness (QED) is 0.143. The number of hydrogen-bond acceptors (Lipinski definition) is 4. The molecule has 2 heterocycles. The Morgan fingerprint density at radius 2 is 1.55 bits per heavy atom. The fourth-order valence-corrected chi connectivity index (χ4v) is 6.82. The Kier molecular flexibility index (Phi) is 9.29. The van der Waals surface area contributed by atoms with Crippen LogP contribution in [0.2, 0.25) is 0 Å². The third-order valence-electron chi connectivity index (χ3n) is 8.87. The lowest BCUT2D eigenvalue weighted by molar-refractivity contribution is -0.329. The molecule has 6 rings (SSSR count). The number of ether oxygens (including phenoxy) is 3. The van der Waals surface area contributed by atoms with Crippen LogP contribution < -0.4 is 4.74 Å². The molecule has 44 heavy (non-hydrogen) atoms. The van der Waals surface area contributed by atoms with Gasteiger partial charge in [0.25, 0.3) is 0 Å². The molecule has 3 aromatic carbocycles. The molecule has 2 aliphatic rings. The van der Waals surface area contributed by atoms with Gasteiger partial charge in [0.2, 0.25) is 0 Å². The van der Waals surface area contributed by atoms with Crippen LogP contribution in [0, 0.1) is 5.82 Å². The van der Waals surface area contributed by atoms with Gasteiger partial charge in [-0.05, 0) is 78.8 Å². The molecule has 1 saturated heterocycles. The maximum atomic E-state index is 14.0. The van der Waals surface area contributed by atoms with Gasteiger partial charge >= 0.3 is 5.97 Å². The van der Waals surface area contributed by atoms with Crippen LogP contribution in [0.4, 0.5) is 4.39 Å². The summed E-state index contributed by atoms with van der Waals surface area (Å²) < 4.78 is 35.4. The van der Waals surface area contributed by atoms with E-state index in [0.717, 1.165) is 61.0 Å². The highest BCUT2D eigenvalue weighted by molar-refractivity contribution is 5.83. The van der Waals surface area contributed by atoms with Crippen LogP contribution in [-0.4, -0.2) is 28.5 Å². The number of nitrogens with zero attached hydrogens (tertiary/aromatic N) is 1. The summed E-state index contributed by atoms with van der Waals surface area (Å²) in [7, 11) is 0. The van der Waals surface area contributed by atoms with Gasteiger partial charge in [0.15, 0.2) is 5.79 Å². The maximum absolute atomic E-state index is 14.0. The average Bonchev–Trinajstić information content (AvgIpc) is 3.41. The Morgan fingerprint density at radius 3 is 2.23 bits per heavy atom. The van der Waals surface area contributed by atoms with E-state index in [9.17, 15) is 9.18 Å². The number of rotatable bonds is 9. The Bertz CT molecular complexity index is 1520. The van der Waals surface area contributed by atoms with Crippen LogP contribution >= 0.6 is 0 Å². The second-order valence-corrected chi connectivity index (χ2v) is 12.5. The minimum absolute atomic E-state index is 0.0694. The van der Waals surface area contributed by atoms with Crippen molar-refractivity contribution in [3.63, 3.8) is 0 Å². The van der Waals surface area contributed by atoms with E-state index in [1.807, 2.05) is 36.4 Å². The van der Waals surface area contributed by atoms with Crippen molar-refractivity contribution < 1.29 is 23.4 Å². The highest BCUT2D eigenvalue weighted by atomic mass is 19.1. The molecule has 1 aliphatic heterocycles. The summed E-state index contributed by atoms with van der Waals surface area (Å²) in [5, 5.41) is 0. The topological polar surface area (TPSA) is 49.7 Å². The molecule has 2 atom stereocenters. The van der Waals surface area contributed by atoms with Crippen LogP contribution in [0.3, 0.4) is 0 Å². The number of hydrogen-bond donors (Lipinski definition) is 0. The van der Waals surface area contributed by atoms with E-state index in [0.29, 0.717) is 12.2 Å². The average molecular weight is 596 g/mol. The molecule has 4 aromatic rings. The van der Waals surface area contributed by atoms with E-state index in [-0.39, 0.29) is 36.3 Å². The Balaban J connectivity index is 1.28. The van der Waals surface area contributed by atoms with E-state index in [4.69, 9.17) is 14.2 Å². The summed E-state index contributed by atoms with van der Waals surface area (Å²) in [5.41, 5.74) is 5.57. The zero-order valence-corrected chi connectivity index (χ0v) is 25.7. The first kappa shape index (κ1) is 30.3. The molecule has 5 nitrogen and oxygen atoms in total. The second-order valence-electron chi connectivity index (χ2n) is 12.5. The molecule has 230 valence electrons. The minimum Gasteiger partial charge on any atom is -0.426 e. The number of para-hydroxylation sites is 1. The molecule has 0 radical (unpaired) electrons. The standard InChI is InChI=1S/C38H42FNO4/c1-27(2)35-26-34(28-12-6-3-7-13-28)37(29-16-18-30(39)19-17-29)40(35)23-20-32-24-33(44-38(43-32)21-10-5-11-22-38)25-36(41)42-31-14-8-4-9-15-31/h3-4,6-9,12-19,26-27,32-33H,5,10-11,20-25H2,1-2H3. The van der Waals surface area contributed by atoms with Gasteiger partial charge < -0.3 is 18.8 Å². The summed E-state index contributed by atoms with van der Waals surface area (Å²) in [6.07, 6.45) is 6.21. The van der Waals surface area contributed by atoms with E-state index in [2.05, 4.69) is 48.7 Å². The molecule has 1 aliphatic carbocycles. The first-order chi connectivity index (χ1) is 21.4. The number of halogens is 1. The molecule has 0 bridgehead atoms. The highest BCUT2D eigenvalue weighted by Gasteiger charge is 2.44. The van der Waals surface area contributed by atoms with Crippen LogP contribution in [0.15, 0.2) is 91.0 Å². The second kappa shape index (κ2) is 13.5. The molecular formula is C38H42FNO4. The summed E-state index contributed by atoms with van der Waals surface area (Å²) in [6, 6.07) is 28.7. The van der Waals surface area contributed by atoms with Gasteiger partial charge in [-0.3, -0.25) is 4.79 Å². The van der Waals surface area contributed by atoms with E-state index in [1.165, 1.54) is 24.2 Å². The van der Waals surface area contributed by atoms with Crippen molar-refractivity contribution in [2.24, 2.45) is 0 Å². The fourth-order valence-electron chi connectivity index (χ4n) is 6.82. The molecule has 1 spiro atoms. The van der Waals surface area contributed by atoms with E-state index >= 15 is 0 Å². The first-order valence-electron chi connectivity index (χ1n) is 16.1. The summed E-state index contributed by atoms with van der Waals surface area (Å²) >= 11 is 0. The zero-order chi connectivity index (χ0) is 30.5. The molecule has 0 N–H and O–H groups in total. The van der Waals surface area contributed by atoms with Gasteiger partial charge in [-0.15, -0.1) is 0 Å². The van der Waals surface area contributed by atoms with Crippen LogP contribution in [0.1, 0.15) is 76.8 Å². The Labute approximate surface area is 260 Å². The minimum atomic E-state index is -0.647. The van der Waals surface area contributed by atoms with E-state index in [1.54, 1.807) is 12.1 Å². The fraction of sp³-hybridized carbons (Fsp3) is 0.395. The molecule has 6 heteroatoms. The predicted octanol–water partition coefficient (Wildman–Crippen LogP) is 9.30. The normalized spacial score (nSPS) is 19.7. The number of carbonyl (C=O) groups excluding carboxylic acids is 1. The molecule has 0 amide bonds. The lowest BCUT2D eigenvalue weighted by Gasteiger charge is -2.46. The maximum Gasteiger partial charge on any atom is 0.313 e. The first-order valence-corrected chi connectivity index (χ1v) is 16.1. The van der Waals surface area contributed by atoms with Gasteiger partial charge in [0.05, 0.1) is 24.3 Å². The van der Waals surface area contributed by atoms with Crippen molar-refractivity contribution in [2.75, 3.05) is 0 Å². The number of aromatic nitrogens is 1. The largest absolute Gasteiger partial charge is 0.426 e. The zero-order valence-electron chi connectivity index (χ0n) is 25.7. The SMILES string of the molecule is CC(C)c1cc(-c2ccccc2)c(-c2ccc(F)cc2)n1CCC1CC(CC(=O)Oc2ccccc2)OC2(CCCCC2)O1. The summed E-state index contributed by atoms with van der Waals surface area (Å²) in [4.78, 5) is 12.9. The molecule has 1 saturated carbocycles. The predicted molar refractivity (Wildman–Crippen MR) is 171 cm³/mol. The number of carbonyl (C=O) groups is 1. The number of esters is 1. The summed E-state index contributed by atoms with van der Waals surface area (Å²) in [6.45, 7) is 5.16. The van der Waals surface area contributed by atoms with Crippen molar-refractivity contribution in [1.29, 1.82) is 0 Å². The van der Waals surface area contributed by atoms with Gasteiger partial charge in [-0.2, -0.15) is 0 Å². The van der Waals surface area contributed by atoms with Crippen LogP contribution in [-0.2, 0) is 20.8 Å². The van der Waals surface area contributed by atoms with E-state index < -0.39 is 5.79 Å². The lowest BCUT2D eigenvalue weighted by atomic mass is 9.91. The van der Waals surface area contributed by atoms with Gasteiger partial charge in [-0.25, -0.2) is 4.39 Å². The van der Waals surface area contributed by atoms with Crippen molar-refractivity contribution >= 4 is 5.97 Å².